The first-order valence-electron chi connectivity index (χ1n) is 11.3. The number of esters is 4. The normalized spacial score (nSPS) is 23.0. The van der Waals surface area contributed by atoms with E-state index in [2.05, 4.69) is 10.3 Å². The van der Waals surface area contributed by atoms with E-state index in [9.17, 15) is 24.0 Å². The highest BCUT2D eigenvalue weighted by molar-refractivity contribution is 6.00. The molecule has 1 amide bonds. The van der Waals surface area contributed by atoms with Gasteiger partial charge >= 0.3 is 23.9 Å². The van der Waals surface area contributed by atoms with Gasteiger partial charge in [0.05, 0.1) is 7.11 Å². The Morgan fingerprint density at radius 1 is 0.946 bits per heavy atom. The number of carbonyl (C=O) groups is 5. The molecule has 1 aliphatic heterocycles. The van der Waals surface area contributed by atoms with E-state index in [1.54, 1.807) is 24.3 Å². The number of ether oxygens (including phenoxy) is 6. The summed E-state index contributed by atoms with van der Waals surface area (Å²) in [6.45, 7) is 4.28. The van der Waals surface area contributed by atoms with Gasteiger partial charge in [-0.3, -0.25) is 19.2 Å². The lowest BCUT2D eigenvalue weighted by molar-refractivity contribution is -0.257. The highest BCUT2D eigenvalue weighted by Gasteiger charge is 2.52. The van der Waals surface area contributed by atoms with Gasteiger partial charge in [0.2, 0.25) is 12.2 Å². The standard InChI is InChI=1S/C24H28N2O11/c1-11(27)25-19-22(35-14(4)30)21(34-13(3)29)17(10-33-12(2)28)36-24(19)37-20-15-8-6-7-9-16(15)26-18(20)23(31)32-5/h6-9,17,19,21-22,24,26H,10H2,1-5H3,(H,25,27)/t17?,19?,21-,22?,24?/m1/s1. The van der Waals surface area contributed by atoms with E-state index in [1.807, 2.05) is 0 Å². The Kier molecular flexibility index (Phi) is 8.71. The number of fused-ring (bicyclic) bond motifs is 1. The molecule has 5 atom stereocenters. The van der Waals surface area contributed by atoms with Crippen LogP contribution in [-0.2, 0) is 42.9 Å². The molecule has 1 saturated heterocycles. The number of para-hydroxylation sites is 1. The van der Waals surface area contributed by atoms with Crippen LogP contribution in [0.15, 0.2) is 24.3 Å². The van der Waals surface area contributed by atoms with Gasteiger partial charge in [0.1, 0.15) is 18.8 Å². The minimum absolute atomic E-state index is 0.0310. The third-order valence-electron chi connectivity index (χ3n) is 5.35. The fraction of sp³-hybridized carbons (Fsp3) is 0.458. The second kappa shape index (κ2) is 11.7. The van der Waals surface area contributed by atoms with Crippen molar-refractivity contribution in [2.24, 2.45) is 0 Å². The second-order valence-corrected chi connectivity index (χ2v) is 8.20. The number of aromatic nitrogens is 1. The molecule has 2 aromatic rings. The van der Waals surface area contributed by atoms with Crippen LogP contribution in [0.1, 0.15) is 38.2 Å². The molecule has 1 aromatic carbocycles. The van der Waals surface area contributed by atoms with E-state index < -0.39 is 67.0 Å². The minimum atomic E-state index is -1.40. The molecule has 0 bridgehead atoms. The maximum absolute atomic E-state index is 12.5. The molecular weight excluding hydrogens is 492 g/mol. The van der Waals surface area contributed by atoms with Crippen molar-refractivity contribution >= 4 is 40.7 Å². The maximum atomic E-state index is 12.5. The SMILES string of the molecule is COC(=O)c1[nH]c2ccccc2c1OC1OC(COC(C)=O)[C@@H](OC(C)=O)C(OC(C)=O)C1NC(C)=O. The molecule has 1 aliphatic rings. The number of nitrogens with one attached hydrogen (secondary N) is 2. The zero-order valence-corrected chi connectivity index (χ0v) is 20.9. The van der Waals surface area contributed by atoms with Crippen molar-refractivity contribution in [3.05, 3.63) is 30.0 Å². The Hall–Kier alpha value is -4.13. The van der Waals surface area contributed by atoms with Gasteiger partial charge < -0.3 is 38.7 Å². The Morgan fingerprint density at radius 3 is 2.19 bits per heavy atom. The number of rotatable bonds is 8. The number of H-pyrrole nitrogens is 1. The molecule has 0 radical (unpaired) electrons. The van der Waals surface area contributed by atoms with Crippen molar-refractivity contribution in [1.29, 1.82) is 0 Å². The monoisotopic (exact) mass is 520 g/mol. The Morgan fingerprint density at radius 2 is 1.59 bits per heavy atom. The van der Waals surface area contributed by atoms with Crippen LogP contribution in [0.4, 0.5) is 0 Å². The Labute approximate surface area is 211 Å². The first-order chi connectivity index (χ1) is 17.5. The van der Waals surface area contributed by atoms with Crippen LogP contribution in [0.5, 0.6) is 5.75 Å². The minimum Gasteiger partial charge on any atom is -0.464 e. The van der Waals surface area contributed by atoms with Crippen molar-refractivity contribution in [2.75, 3.05) is 13.7 Å². The Balaban J connectivity index is 2.11. The van der Waals surface area contributed by atoms with E-state index in [1.165, 1.54) is 21.0 Å². The third-order valence-corrected chi connectivity index (χ3v) is 5.35. The zero-order chi connectivity index (χ0) is 27.3. The van der Waals surface area contributed by atoms with Crippen molar-refractivity contribution in [3.8, 4) is 5.75 Å². The summed E-state index contributed by atoms with van der Waals surface area (Å²) < 4.78 is 32.9. The number of carbonyl (C=O) groups excluding carboxylic acids is 5. The molecule has 2 N–H and O–H groups in total. The molecule has 4 unspecified atom stereocenters. The Bertz CT molecular complexity index is 1190. The lowest BCUT2D eigenvalue weighted by Crippen LogP contribution is -2.67. The summed E-state index contributed by atoms with van der Waals surface area (Å²) >= 11 is 0. The fourth-order valence-electron chi connectivity index (χ4n) is 3.99. The molecule has 0 aliphatic carbocycles. The van der Waals surface area contributed by atoms with Crippen molar-refractivity contribution in [1.82, 2.24) is 10.3 Å². The molecule has 1 aromatic heterocycles. The van der Waals surface area contributed by atoms with E-state index in [0.29, 0.717) is 10.9 Å². The van der Waals surface area contributed by atoms with Crippen LogP contribution in [0, 0.1) is 0 Å². The molecule has 0 spiro atoms. The molecule has 13 heteroatoms. The smallest absolute Gasteiger partial charge is 0.358 e. The van der Waals surface area contributed by atoms with E-state index in [-0.39, 0.29) is 11.4 Å². The van der Waals surface area contributed by atoms with Crippen LogP contribution in [-0.4, -0.2) is 79.1 Å². The molecule has 3 rings (SSSR count). The molecule has 0 saturated carbocycles. The summed E-state index contributed by atoms with van der Waals surface area (Å²) in [6, 6.07) is 5.66. The van der Waals surface area contributed by atoms with E-state index in [4.69, 9.17) is 28.4 Å². The molecule has 13 nitrogen and oxygen atoms in total. The van der Waals surface area contributed by atoms with Gasteiger partial charge in [0.25, 0.3) is 0 Å². The molecule has 37 heavy (non-hydrogen) atoms. The number of methoxy groups -OCH3 is 1. The van der Waals surface area contributed by atoms with Crippen LogP contribution in [0.25, 0.3) is 10.9 Å². The van der Waals surface area contributed by atoms with E-state index >= 15 is 0 Å². The first kappa shape index (κ1) is 27.5. The first-order valence-corrected chi connectivity index (χ1v) is 11.3. The van der Waals surface area contributed by atoms with Crippen LogP contribution in [0.3, 0.4) is 0 Å². The molecule has 200 valence electrons. The van der Waals surface area contributed by atoms with Crippen LogP contribution >= 0.6 is 0 Å². The highest BCUT2D eigenvalue weighted by atomic mass is 16.7. The van der Waals surface area contributed by atoms with Gasteiger partial charge in [-0.1, -0.05) is 12.1 Å². The van der Waals surface area contributed by atoms with Gasteiger partial charge in [-0.25, -0.2) is 4.79 Å². The van der Waals surface area contributed by atoms with Crippen molar-refractivity contribution < 1.29 is 52.4 Å². The predicted octanol–water partition coefficient (Wildman–Crippen LogP) is 0.989. The quantitative estimate of drug-likeness (QED) is 0.376. The summed E-state index contributed by atoms with van der Waals surface area (Å²) in [5.41, 5.74) is 0.520. The summed E-state index contributed by atoms with van der Waals surface area (Å²) in [4.78, 5) is 63.0. The second-order valence-electron chi connectivity index (χ2n) is 8.20. The lowest BCUT2D eigenvalue weighted by Gasteiger charge is -2.44. The molecule has 1 fully saturated rings. The largest absolute Gasteiger partial charge is 0.464 e. The van der Waals surface area contributed by atoms with Crippen molar-refractivity contribution in [3.63, 3.8) is 0 Å². The topological polar surface area (TPSA) is 169 Å². The summed E-state index contributed by atoms with van der Waals surface area (Å²) in [7, 11) is 1.20. The predicted molar refractivity (Wildman–Crippen MR) is 124 cm³/mol. The number of aromatic amines is 1. The van der Waals surface area contributed by atoms with Crippen LogP contribution < -0.4 is 10.1 Å². The van der Waals surface area contributed by atoms with Crippen molar-refractivity contribution in [2.45, 2.75) is 58.3 Å². The van der Waals surface area contributed by atoms with Crippen LogP contribution in [0.2, 0.25) is 0 Å². The molecular formula is C24H28N2O11. The van der Waals surface area contributed by atoms with Gasteiger partial charge in [0.15, 0.2) is 23.7 Å². The zero-order valence-electron chi connectivity index (χ0n) is 20.9. The maximum Gasteiger partial charge on any atom is 0.358 e. The number of amides is 1. The molecule has 2 heterocycles. The average Bonchev–Trinajstić information content (AvgIpc) is 3.18. The third kappa shape index (κ3) is 6.55. The average molecular weight is 520 g/mol. The lowest BCUT2D eigenvalue weighted by atomic mass is 9.96. The van der Waals surface area contributed by atoms with Gasteiger partial charge in [-0.05, 0) is 12.1 Å². The fourth-order valence-corrected chi connectivity index (χ4v) is 3.99. The highest BCUT2D eigenvalue weighted by Crippen LogP contribution is 2.35. The summed E-state index contributed by atoms with van der Waals surface area (Å²) in [6.07, 6.45) is -5.15. The number of benzene rings is 1. The number of hydrogen-bond donors (Lipinski definition) is 2. The van der Waals surface area contributed by atoms with Gasteiger partial charge in [0, 0.05) is 38.6 Å². The van der Waals surface area contributed by atoms with Gasteiger partial charge in [-0.2, -0.15) is 0 Å². The summed E-state index contributed by atoms with van der Waals surface area (Å²) in [5.74, 6) is -3.34. The van der Waals surface area contributed by atoms with Gasteiger partial charge in [-0.15, -0.1) is 0 Å². The van der Waals surface area contributed by atoms with E-state index in [0.717, 1.165) is 13.8 Å². The summed E-state index contributed by atoms with van der Waals surface area (Å²) in [5, 5.41) is 3.10. The number of hydrogen-bond acceptors (Lipinski definition) is 11.